The van der Waals surface area contributed by atoms with Gasteiger partial charge in [-0.2, -0.15) is 5.10 Å². The zero-order valence-corrected chi connectivity index (χ0v) is 11.6. The molecule has 0 radical (unpaired) electrons. The minimum atomic E-state index is -0.451. The van der Waals surface area contributed by atoms with E-state index < -0.39 is 5.91 Å². The first-order valence-corrected chi connectivity index (χ1v) is 6.04. The largest absolute Gasteiger partial charge is 0.345 e. The van der Waals surface area contributed by atoms with Crippen LogP contribution in [0.25, 0.3) is 0 Å². The maximum Gasteiger partial charge on any atom is 0.292 e. The van der Waals surface area contributed by atoms with Crippen molar-refractivity contribution in [3.8, 4) is 0 Å². The molecule has 2 N–H and O–H groups in total. The Kier molecular flexibility index (Phi) is 3.99. The van der Waals surface area contributed by atoms with Crippen LogP contribution in [0.2, 0.25) is 5.02 Å². The quantitative estimate of drug-likeness (QED) is 0.895. The number of aromatic amines is 1. The highest BCUT2D eigenvalue weighted by molar-refractivity contribution is 6.34. The molecule has 0 aliphatic carbocycles. The number of halogens is 1. The Balaban J connectivity index is 2.24. The van der Waals surface area contributed by atoms with E-state index in [4.69, 9.17) is 11.6 Å². The van der Waals surface area contributed by atoms with Crippen molar-refractivity contribution in [2.75, 3.05) is 19.4 Å². The zero-order valence-electron chi connectivity index (χ0n) is 10.8. The summed E-state index contributed by atoms with van der Waals surface area (Å²) in [7, 11) is 3.25. The third kappa shape index (κ3) is 2.94. The van der Waals surface area contributed by atoms with Gasteiger partial charge >= 0.3 is 0 Å². The number of nitrogens with one attached hydrogen (secondary N) is 2. The molecule has 2 amide bonds. The van der Waals surface area contributed by atoms with Crippen molar-refractivity contribution in [2.24, 2.45) is 0 Å². The van der Waals surface area contributed by atoms with Gasteiger partial charge in [-0.25, -0.2) is 4.98 Å². The number of carbonyl (C=O) groups is 2. The van der Waals surface area contributed by atoms with Gasteiger partial charge in [0.2, 0.25) is 5.82 Å². The van der Waals surface area contributed by atoms with Crippen LogP contribution >= 0.6 is 11.6 Å². The molecule has 1 heterocycles. The van der Waals surface area contributed by atoms with Gasteiger partial charge in [0, 0.05) is 19.8 Å². The molecule has 0 spiro atoms. The van der Waals surface area contributed by atoms with Crippen LogP contribution in [0.5, 0.6) is 0 Å². The second-order valence-corrected chi connectivity index (χ2v) is 4.59. The molecule has 0 saturated heterocycles. The molecule has 2 aromatic rings. The van der Waals surface area contributed by atoms with Gasteiger partial charge in [-0.15, -0.1) is 0 Å². The van der Waals surface area contributed by atoms with Crippen molar-refractivity contribution in [3.63, 3.8) is 0 Å². The molecule has 1 aromatic carbocycles. The Hall–Kier alpha value is -2.41. The van der Waals surface area contributed by atoms with E-state index in [1.54, 1.807) is 26.2 Å². The molecule has 0 unspecified atom stereocenters. The molecule has 1 aromatic heterocycles. The number of hydrogen-bond donors (Lipinski definition) is 2. The van der Waals surface area contributed by atoms with E-state index in [0.717, 1.165) is 0 Å². The Morgan fingerprint density at radius 2 is 2.10 bits per heavy atom. The van der Waals surface area contributed by atoms with Crippen LogP contribution in [0.1, 0.15) is 21.0 Å². The van der Waals surface area contributed by atoms with Crippen LogP contribution in [0, 0.1) is 0 Å². The SMILES string of the molecule is CN(C)C(=O)c1cc(NC(=O)c2ncn[nH]2)ccc1Cl. The third-order valence-electron chi connectivity index (χ3n) is 2.49. The number of hydrogen-bond acceptors (Lipinski definition) is 4. The van der Waals surface area contributed by atoms with Gasteiger partial charge in [0.05, 0.1) is 10.6 Å². The Bertz CT molecular complexity index is 639. The molecule has 7 nitrogen and oxygen atoms in total. The van der Waals surface area contributed by atoms with Gasteiger partial charge in [0.1, 0.15) is 6.33 Å². The van der Waals surface area contributed by atoms with Crippen LogP contribution in [0.3, 0.4) is 0 Å². The number of amides is 2. The summed E-state index contributed by atoms with van der Waals surface area (Å²) in [6, 6.07) is 4.66. The van der Waals surface area contributed by atoms with E-state index >= 15 is 0 Å². The Morgan fingerprint density at radius 3 is 2.70 bits per heavy atom. The molecule has 0 fully saturated rings. The number of aromatic nitrogens is 3. The summed E-state index contributed by atoms with van der Waals surface area (Å²) in [5.41, 5.74) is 0.757. The summed E-state index contributed by atoms with van der Waals surface area (Å²) in [6.07, 6.45) is 1.23. The van der Waals surface area contributed by atoms with Crippen molar-refractivity contribution < 1.29 is 9.59 Å². The highest BCUT2D eigenvalue weighted by Crippen LogP contribution is 2.21. The second kappa shape index (κ2) is 5.70. The Labute approximate surface area is 120 Å². The van der Waals surface area contributed by atoms with Crippen LogP contribution in [-0.2, 0) is 0 Å². The summed E-state index contributed by atoms with van der Waals surface area (Å²) in [6.45, 7) is 0. The average Bonchev–Trinajstić information content (AvgIpc) is 2.94. The third-order valence-corrected chi connectivity index (χ3v) is 2.82. The zero-order chi connectivity index (χ0) is 14.7. The van der Waals surface area contributed by atoms with Crippen LogP contribution in [0.4, 0.5) is 5.69 Å². The van der Waals surface area contributed by atoms with Crippen LogP contribution < -0.4 is 5.32 Å². The monoisotopic (exact) mass is 293 g/mol. The van der Waals surface area contributed by atoms with Gasteiger partial charge in [-0.05, 0) is 18.2 Å². The van der Waals surface area contributed by atoms with E-state index in [1.165, 1.54) is 17.3 Å². The van der Waals surface area contributed by atoms with E-state index in [1.807, 2.05) is 0 Å². The van der Waals surface area contributed by atoms with E-state index in [0.29, 0.717) is 16.3 Å². The topological polar surface area (TPSA) is 91.0 Å². The van der Waals surface area contributed by atoms with Crippen molar-refractivity contribution in [1.29, 1.82) is 0 Å². The molecule has 0 bridgehead atoms. The van der Waals surface area contributed by atoms with Gasteiger partial charge in [0.25, 0.3) is 11.8 Å². The van der Waals surface area contributed by atoms with Crippen molar-refractivity contribution >= 4 is 29.1 Å². The van der Waals surface area contributed by atoms with Gasteiger partial charge in [0.15, 0.2) is 0 Å². The highest BCUT2D eigenvalue weighted by atomic mass is 35.5. The Morgan fingerprint density at radius 1 is 1.35 bits per heavy atom. The van der Waals surface area contributed by atoms with Gasteiger partial charge in [-0.1, -0.05) is 11.6 Å². The average molecular weight is 294 g/mol. The fourth-order valence-corrected chi connectivity index (χ4v) is 1.71. The molecule has 0 aliphatic heterocycles. The van der Waals surface area contributed by atoms with Gasteiger partial charge in [-0.3, -0.25) is 14.7 Å². The first-order valence-electron chi connectivity index (χ1n) is 5.67. The fourth-order valence-electron chi connectivity index (χ4n) is 1.51. The summed E-state index contributed by atoms with van der Waals surface area (Å²) >= 11 is 5.98. The molecule has 0 aliphatic rings. The predicted molar refractivity (Wildman–Crippen MR) is 73.8 cm³/mol. The highest BCUT2D eigenvalue weighted by Gasteiger charge is 2.15. The normalized spacial score (nSPS) is 10.2. The maximum atomic E-state index is 11.9. The maximum absolute atomic E-state index is 11.9. The number of rotatable bonds is 3. The predicted octanol–water partition coefficient (Wildman–Crippen LogP) is 1.41. The van der Waals surface area contributed by atoms with Crippen LogP contribution in [0.15, 0.2) is 24.5 Å². The van der Waals surface area contributed by atoms with Crippen LogP contribution in [-0.4, -0.2) is 46.0 Å². The van der Waals surface area contributed by atoms with E-state index in [9.17, 15) is 9.59 Å². The summed E-state index contributed by atoms with van der Waals surface area (Å²) in [4.78, 5) is 28.9. The van der Waals surface area contributed by atoms with E-state index in [-0.39, 0.29) is 11.7 Å². The van der Waals surface area contributed by atoms with Crippen molar-refractivity contribution in [1.82, 2.24) is 20.1 Å². The molecule has 20 heavy (non-hydrogen) atoms. The first-order chi connectivity index (χ1) is 9.49. The minimum absolute atomic E-state index is 0.0837. The smallest absolute Gasteiger partial charge is 0.292 e. The molecule has 0 saturated carbocycles. The lowest BCUT2D eigenvalue weighted by Crippen LogP contribution is -2.22. The fraction of sp³-hybridized carbons (Fsp3) is 0.167. The molecule has 104 valence electrons. The molecular formula is C12H12ClN5O2. The lowest BCUT2D eigenvalue weighted by atomic mass is 10.1. The number of carbonyl (C=O) groups excluding carboxylic acids is 2. The lowest BCUT2D eigenvalue weighted by molar-refractivity contribution is 0.0827. The minimum Gasteiger partial charge on any atom is -0.345 e. The molecule has 8 heteroatoms. The molecule has 2 rings (SSSR count). The van der Waals surface area contributed by atoms with E-state index in [2.05, 4.69) is 20.5 Å². The molecular weight excluding hydrogens is 282 g/mol. The number of H-pyrrole nitrogens is 1. The summed E-state index contributed by atoms with van der Waals surface area (Å²) < 4.78 is 0. The number of benzene rings is 1. The standard InChI is InChI=1S/C12H12ClN5O2/c1-18(2)12(20)8-5-7(3-4-9(8)13)16-11(19)10-14-6-15-17-10/h3-6H,1-2H3,(H,16,19)(H,14,15,17). The lowest BCUT2D eigenvalue weighted by Gasteiger charge is -2.13. The number of anilines is 1. The van der Waals surface area contributed by atoms with Crippen molar-refractivity contribution in [2.45, 2.75) is 0 Å². The summed E-state index contributed by atoms with van der Waals surface area (Å²) in [5.74, 6) is -0.612. The van der Waals surface area contributed by atoms with Crippen molar-refractivity contribution in [3.05, 3.63) is 40.9 Å². The molecule has 0 atom stereocenters. The summed E-state index contributed by atoms with van der Waals surface area (Å²) in [5, 5.41) is 8.96. The second-order valence-electron chi connectivity index (χ2n) is 4.18. The number of nitrogens with zero attached hydrogens (tertiary/aromatic N) is 3. The van der Waals surface area contributed by atoms with Gasteiger partial charge < -0.3 is 10.2 Å². The first kappa shape index (κ1) is 14.0.